The van der Waals surface area contributed by atoms with E-state index in [1.165, 1.54) is 0 Å². The summed E-state index contributed by atoms with van der Waals surface area (Å²) < 4.78 is 27.2. The summed E-state index contributed by atoms with van der Waals surface area (Å²) >= 11 is 0. The Bertz CT molecular complexity index is 391. The first-order valence-corrected chi connectivity index (χ1v) is 6.07. The number of hydrogen-bond acceptors (Lipinski definition) is 3. The average molecular weight is 216 g/mol. The third-order valence-electron chi connectivity index (χ3n) is 1.70. The molecule has 0 fully saturated rings. The monoisotopic (exact) mass is 216 g/mol. The van der Waals surface area contributed by atoms with E-state index in [1.54, 1.807) is 12.1 Å². The molecule has 0 amide bonds. The maximum atomic E-state index is 11.3. The molecule has 13 heavy (non-hydrogen) atoms. The lowest BCUT2D eigenvalue weighted by atomic mass is 10.2. The average Bonchev–Trinajstić information content (AvgIpc) is 2.02. The lowest BCUT2D eigenvalue weighted by Gasteiger charge is -2.04. The SMILES string of the molecule is Cc1cc(C)cc(S(=O)(=O)O[SiH3])c1. The molecule has 0 N–H and O–H groups in total. The lowest BCUT2D eigenvalue weighted by molar-refractivity contribution is 0.507. The van der Waals surface area contributed by atoms with Gasteiger partial charge in [0, 0.05) is 0 Å². The van der Waals surface area contributed by atoms with E-state index in [0.29, 0.717) is 0 Å². The van der Waals surface area contributed by atoms with Crippen LogP contribution in [0.25, 0.3) is 0 Å². The van der Waals surface area contributed by atoms with E-state index in [4.69, 9.17) is 0 Å². The van der Waals surface area contributed by atoms with Crippen LogP contribution in [-0.2, 0) is 14.0 Å². The van der Waals surface area contributed by atoms with Crippen molar-refractivity contribution in [2.24, 2.45) is 0 Å². The molecule has 5 heteroatoms. The molecule has 0 aliphatic carbocycles. The molecule has 0 bridgehead atoms. The van der Waals surface area contributed by atoms with Gasteiger partial charge in [-0.15, -0.1) is 0 Å². The highest BCUT2D eigenvalue weighted by Gasteiger charge is 2.12. The van der Waals surface area contributed by atoms with Crippen LogP contribution in [0.15, 0.2) is 23.1 Å². The van der Waals surface area contributed by atoms with E-state index in [1.807, 2.05) is 19.9 Å². The van der Waals surface area contributed by atoms with Crippen molar-refractivity contribution < 1.29 is 12.3 Å². The Morgan fingerprint density at radius 3 is 2.00 bits per heavy atom. The Morgan fingerprint density at radius 1 is 1.15 bits per heavy atom. The summed E-state index contributed by atoms with van der Waals surface area (Å²) in [4.78, 5) is 0.250. The fraction of sp³-hybridized carbons (Fsp3) is 0.250. The van der Waals surface area contributed by atoms with Crippen molar-refractivity contribution >= 4 is 20.6 Å². The fourth-order valence-corrected chi connectivity index (χ4v) is 2.60. The highest BCUT2D eigenvalue weighted by molar-refractivity contribution is 7.87. The molecule has 72 valence electrons. The quantitative estimate of drug-likeness (QED) is 0.667. The summed E-state index contributed by atoms with van der Waals surface area (Å²) in [6.07, 6.45) is 0. The molecule has 0 aliphatic rings. The second kappa shape index (κ2) is 3.61. The van der Waals surface area contributed by atoms with Gasteiger partial charge in [-0.25, -0.2) is 0 Å². The minimum Gasteiger partial charge on any atom is -0.323 e. The molecular weight excluding hydrogens is 204 g/mol. The van der Waals surface area contributed by atoms with Crippen LogP contribution in [0.1, 0.15) is 11.1 Å². The van der Waals surface area contributed by atoms with Gasteiger partial charge in [0.15, 0.2) is 10.5 Å². The summed E-state index contributed by atoms with van der Waals surface area (Å²) in [5, 5.41) is 0. The summed E-state index contributed by atoms with van der Waals surface area (Å²) in [5.41, 5.74) is 1.86. The number of rotatable bonds is 2. The van der Waals surface area contributed by atoms with Crippen molar-refractivity contribution in [2.75, 3.05) is 0 Å². The Kier molecular flexibility index (Phi) is 2.89. The Morgan fingerprint density at radius 2 is 1.62 bits per heavy atom. The van der Waals surface area contributed by atoms with Crippen molar-refractivity contribution in [3.8, 4) is 0 Å². The molecule has 0 radical (unpaired) electrons. The first kappa shape index (κ1) is 10.4. The molecular formula is C8H12O3SSi. The second-order valence-electron chi connectivity index (χ2n) is 2.94. The largest absolute Gasteiger partial charge is 0.323 e. The van der Waals surface area contributed by atoms with Crippen molar-refractivity contribution in [3.63, 3.8) is 0 Å². The predicted molar refractivity (Wildman–Crippen MR) is 54.1 cm³/mol. The van der Waals surface area contributed by atoms with Crippen LogP contribution in [0, 0.1) is 13.8 Å². The molecule has 1 aromatic rings. The van der Waals surface area contributed by atoms with Gasteiger partial charge in [-0.1, -0.05) is 6.07 Å². The van der Waals surface area contributed by atoms with Crippen LogP contribution >= 0.6 is 0 Å². The van der Waals surface area contributed by atoms with Gasteiger partial charge in [0.2, 0.25) is 0 Å². The zero-order chi connectivity index (χ0) is 10.1. The molecule has 0 saturated carbocycles. The number of aryl methyl sites for hydroxylation is 2. The van der Waals surface area contributed by atoms with E-state index in [2.05, 4.69) is 3.87 Å². The third-order valence-corrected chi connectivity index (χ3v) is 4.27. The van der Waals surface area contributed by atoms with Gasteiger partial charge in [-0.3, -0.25) is 0 Å². The maximum Gasteiger partial charge on any atom is 0.286 e. The molecule has 0 spiro atoms. The summed E-state index contributed by atoms with van der Waals surface area (Å²) in [7, 11) is -3.29. The van der Waals surface area contributed by atoms with Gasteiger partial charge in [0.1, 0.15) is 0 Å². The van der Waals surface area contributed by atoms with Crippen LogP contribution in [0.3, 0.4) is 0 Å². The minimum atomic E-state index is -3.48. The molecule has 0 atom stereocenters. The summed E-state index contributed by atoms with van der Waals surface area (Å²) in [6.45, 7) is 3.72. The Hall–Kier alpha value is -0.653. The van der Waals surface area contributed by atoms with Crippen molar-refractivity contribution in [3.05, 3.63) is 29.3 Å². The Labute approximate surface area is 81.4 Å². The Balaban J connectivity index is 3.32. The van der Waals surface area contributed by atoms with Crippen molar-refractivity contribution in [2.45, 2.75) is 18.7 Å². The second-order valence-corrected chi connectivity index (χ2v) is 5.66. The zero-order valence-electron chi connectivity index (χ0n) is 7.87. The molecule has 0 saturated heterocycles. The summed E-state index contributed by atoms with van der Waals surface area (Å²) in [5.74, 6) is 0. The highest BCUT2D eigenvalue weighted by Crippen LogP contribution is 2.15. The van der Waals surface area contributed by atoms with Crippen LogP contribution in [0.4, 0.5) is 0 Å². The zero-order valence-corrected chi connectivity index (χ0v) is 10.7. The van der Waals surface area contributed by atoms with Crippen LogP contribution in [0.2, 0.25) is 0 Å². The molecule has 0 aliphatic heterocycles. The highest BCUT2D eigenvalue weighted by atomic mass is 32.2. The van der Waals surface area contributed by atoms with E-state index < -0.39 is 10.1 Å². The fourth-order valence-electron chi connectivity index (χ4n) is 1.17. The van der Waals surface area contributed by atoms with Crippen LogP contribution in [0.5, 0.6) is 0 Å². The molecule has 3 nitrogen and oxygen atoms in total. The van der Waals surface area contributed by atoms with Gasteiger partial charge in [-0.2, -0.15) is 8.42 Å². The van der Waals surface area contributed by atoms with E-state index >= 15 is 0 Å². The van der Waals surface area contributed by atoms with Crippen LogP contribution in [-0.4, -0.2) is 18.9 Å². The normalized spacial score (nSPS) is 11.8. The molecule has 0 aromatic heterocycles. The smallest absolute Gasteiger partial charge is 0.286 e. The van der Waals surface area contributed by atoms with Gasteiger partial charge >= 0.3 is 0 Å². The van der Waals surface area contributed by atoms with E-state index in [9.17, 15) is 8.42 Å². The number of hydrogen-bond donors (Lipinski definition) is 0. The molecule has 0 heterocycles. The van der Waals surface area contributed by atoms with Crippen molar-refractivity contribution in [1.29, 1.82) is 0 Å². The maximum absolute atomic E-state index is 11.3. The first-order valence-electron chi connectivity index (χ1n) is 3.84. The van der Waals surface area contributed by atoms with E-state index in [-0.39, 0.29) is 15.4 Å². The van der Waals surface area contributed by atoms with Gasteiger partial charge in [-0.05, 0) is 37.1 Å². The third kappa shape index (κ3) is 2.39. The standard InChI is InChI=1S/C8H12O3SSi/c1-6-3-7(2)5-8(4-6)12(9,10)11-13/h3-5H,1-2,13H3. The minimum absolute atomic E-state index is 0.190. The molecule has 1 aromatic carbocycles. The van der Waals surface area contributed by atoms with Gasteiger partial charge in [0.05, 0.1) is 4.90 Å². The first-order chi connectivity index (χ1) is 5.95. The van der Waals surface area contributed by atoms with Crippen molar-refractivity contribution in [1.82, 2.24) is 0 Å². The molecule has 1 rings (SSSR count). The van der Waals surface area contributed by atoms with Gasteiger partial charge < -0.3 is 3.87 Å². The molecule has 0 unspecified atom stereocenters. The van der Waals surface area contributed by atoms with Gasteiger partial charge in [0.25, 0.3) is 10.1 Å². The predicted octanol–water partition coefficient (Wildman–Crippen LogP) is 0.289. The summed E-state index contributed by atoms with van der Waals surface area (Å²) in [6, 6.07) is 5.15. The number of benzene rings is 1. The lowest BCUT2D eigenvalue weighted by Crippen LogP contribution is -2.04. The van der Waals surface area contributed by atoms with Crippen LogP contribution < -0.4 is 0 Å². The topological polar surface area (TPSA) is 43.4 Å². The van der Waals surface area contributed by atoms with E-state index in [0.717, 1.165) is 11.1 Å².